The molecule has 0 aliphatic heterocycles. The molecule has 0 heterocycles. The number of amides is 2. The Morgan fingerprint density at radius 1 is 1.25 bits per heavy atom. The number of nitrogens with zero attached hydrogens (tertiary/aromatic N) is 1. The number of carbonyl (C=O) groups excluding carboxylic acids is 2. The second-order valence-electron chi connectivity index (χ2n) is 4.99. The predicted octanol–water partition coefficient (Wildman–Crippen LogP) is 1.65. The first-order chi connectivity index (χ1) is 9.45. The fourth-order valence-electron chi connectivity index (χ4n) is 1.91. The van der Waals surface area contributed by atoms with E-state index in [1.807, 2.05) is 20.8 Å². The van der Waals surface area contributed by atoms with Crippen molar-refractivity contribution in [3.8, 4) is 0 Å². The molecule has 0 aromatic heterocycles. The van der Waals surface area contributed by atoms with Crippen LogP contribution in [0.1, 0.15) is 37.6 Å². The van der Waals surface area contributed by atoms with E-state index in [2.05, 4.69) is 5.32 Å². The highest BCUT2D eigenvalue weighted by Gasteiger charge is 2.16. The maximum atomic E-state index is 12.1. The van der Waals surface area contributed by atoms with Gasteiger partial charge in [-0.25, -0.2) is 0 Å². The summed E-state index contributed by atoms with van der Waals surface area (Å²) in [5.74, 6) is -0.329. The van der Waals surface area contributed by atoms with Gasteiger partial charge in [0.1, 0.15) is 0 Å². The van der Waals surface area contributed by atoms with Crippen molar-refractivity contribution in [2.24, 2.45) is 0 Å². The lowest BCUT2D eigenvalue weighted by Crippen LogP contribution is -2.43. The van der Waals surface area contributed by atoms with Crippen molar-refractivity contribution >= 4 is 17.5 Å². The Morgan fingerprint density at radius 2 is 1.85 bits per heavy atom. The van der Waals surface area contributed by atoms with Gasteiger partial charge < -0.3 is 16.0 Å². The Hall–Kier alpha value is -2.04. The van der Waals surface area contributed by atoms with Crippen LogP contribution in [-0.4, -0.2) is 35.8 Å². The molecule has 1 aromatic rings. The van der Waals surface area contributed by atoms with Crippen molar-refractivity contribution in [3.05, 3.63) is 29.8 Å². The van der Waals surface area contributed by atoms with E-state index >= 15 is 0 Å². The summed E-state index contributed by atoms with van der Waals surface area (Å²) in [6, 6.07) is 6.74. The minimum Gasteiger partial charge on any atom is -0.399 e. The molecule has 110 valence electrons. The molecule has 0 fully saturated rings. The minimum atomic E-state index is -0.265. The molecule has 0 unspecified atom stereocenters. The lowest BCUT2D eigenvalue weighted by molar-refractivity contribution is -0.131. The van der Waals surface area contributed by atoms with Crippen molar-refractivity contribution in [1.29, 1.82) is 0 Å². The van der Waals surface area contributed by atoms with E-state index < -0.39 is 0 Å². The molecule has 1 rings (SSSR count). The molecule has 1 aromatic carbocycles. The summed E-state index contributed by atoms with van der Waals surface area (Å²) in [5.41, 5.74) is 6.66. The Bertz CT molecular complexity index is 455. The second kappa shape index (κ2) is 7.53. The molecule has 0 spiro atoms. The first-order valence-electron chi connectivity index (χ1n) is 6.89. The monoisotopic (exact) mass is 277 g/mol. The van der Waals surface area contributed by atoms with Gasteiger partial charge in [-0.3, -0.25) is 9.59 Å². The predicted molar refractivity (Wildman–Crippen MR) is 80.3 cm³/mol. The van der Waals surface area contributed by atoms with E-state index in [4.69, 9.17) is 5.73 Å². The normalized spacial score (nSPS) is 10.4. The van der Waals surface area contributed by atoms with Crippen LogP contribution in [0.3, 0.4) is 0 Å². The molecular weight excluding hydrogens is 254 g/mol. The Balaban J connectivity index is 2.55. The number of carbonyl (C=O) groups is 2. The van der Waals surface area contributed by atoms with Crippen LogP contribution in [0.5, 0.6) is 0 Å². The standard InChI is InChI=1S/C15H23N3O2/c1-4-9-18(11(2)3)14(19)10-17-15(20)12-5-7-13(16)8-6-12/h5-8,11H,4,9-10,16H2,1-3H3,(H,17,20). The van der Waals surface area contributed by atoms with E-state index in [0.29, 0.717) is 17.8 Å². The number of rotatable bonds is 6. The van der Waals surface area contributed by atoms with Crippen LogP contribution in [0.25, 0.3) is 0 Å². The number of nitrogens with one attached hydrogen (secondary N) is 1. The van der Waals surface area contributed by atoms with Crippen LogP contribution < -0.4 is 11.1 Å². The van der Waals surface area contributed by atoms with E-state index in [1.165, 1.54) is 0 Å². The number of nitrogens with two attached hydrogens (primary N) is 1. The van der Waals surface area contributed by atoms with Crippen LogP contribution in [-0.2, 0) is 4.79 Å². The number of hydrogen-bond donors (Lipinski definition) is 2. The van der Waals surface area contributed by atoms with Crippen molar-refractivity contribution in [2.75, 3.05) is 18.8 Å². The highest BCUT2D eigenvalue weighted by atomic mass is 16.2. The molecule has 5 nitrogen and oxygen atoms in total. The number of anilines is 1. The summed E-state index contributed by atoms with van der Waals surface area (Å²) in [6.45, 7) is 6.68. The molecule has 0 atom stereocenters. The molecule has 20 heavy (non-hydrogen) atoms. The molecule has 3 N–H and O–H groups in total. The zero-order valence-electron chi connectivity index (χ0n) is 12.3. The summed E-state index contributed by atoms with van der Waals surface area (Å²) in [6.07, 6.45) is 0.899. The molecule has 0 saturated heterocycles. The average Bonchev–Trinajstić information content (AvgIpc) is 2.42. The number of nitrogen functional groups attached to an aromatic ring is 1. The lowest BCUT2D eigenvalue weighted by atomic mass is 10.2. The zero-order valence-corrected chi connectivity index (χ0v) is 12.3. The van der Waals surface area contributed by atoms with Gasteiger partial charge in [0, 0.05) is 23.8 Å². The van der Waals surface area contributed by atoms with Crippen LogP contribution in [0.4, 0.5) is 5.69 Å². The third kappa shape index (κ3) is 4.57. The highest BCUT2D eigenvalue weighted by Crippen LogP contribution is 2.05. The van der Waals surface area contributed by atoms with Gasteiger partial charge in [-0.05, 0) is 44.5 Å². The molecule has 5 heteroatoms. The molecule has 0 saturated carbocycles. The molecule has 0 bridgehead atoms. The van der Waals surface area contributed by atoms with Crippen molar-refractivity contribution < 1.29 is 9.59 Å². The first-order valence-corrected chi connectivity index (χ1v) is 6.89. The summed E-state index contributed by atoms with van der Waals surface area (Å²) in [5, 5.41) is 2.64. The van der Waals surface area contributed by atoms with Gasteiger partial charge in [0.15, 0.2) is 0 Å². The van der Waals surface area contributed by atoms with E-state index in [1.54, 1.807) is 29.2 Å². The van der Waals surface area contributed by atoms with E-state index in [0.717, 1.165) is 6.42 Å². The number of hydrogen-bond acceptors (Lipinski definition) is 3. The fourth-order valence-corrected chi connectivity index (χ4v) is 1.91. The third-order valence-corrected chi connectivity index (χ3v) is 2.98. The van der Waals surface area contributed by atoms with Gasteiger partial charge >= 0.3 is 0 Å². The van der Waals surface area contributed by atoms with E-state index in [-0.39, 0.29) is 24.4 Å². The molecule has 2 amide bonds. The molecular formula is C15H23N3O2. The molecule has 0 aliphatic rings. The van der Waals surface area contributed by atoms with E-state index in [9.17, 15) is 9.59 Å². The van der Waals surface area contributed by atoms with Crippen LogP contribution in [0.2, 0.25) is 0 Å². The fraction of sp³-hybridized carbons (Fsp3) is 0.467. The van der Waals surface area contributed by atoms with Gasteiger partial charge in [-0.2, -0.15) is 0 Å². The smallest absolute Gasteiger partial charge is 0.251 e. The van der Waals surface area contributed by atoms with Crippen molar-refractivity contribution in [3.63, 3.8) is 0 Å². The van der Waals surface area contributed by atoms with Gasteiger partial charge in [0.2, 0.25) is 5.91 Å². The lowest BCUT2D eigenvalue weighted by Gasteiger charge is -2.26. The Labute approximate surface area is 120 Å². The summed E-state index contributed by atoms with van der Waals surface area (Å²) >= 11 is 0. The Morgan fingerprint density at radius 3 is 2.35 bits per heavy atom. The van der Waals surface area contributed by atoms with Crippen LogP contribution in [0, 0.1) is 0 Å². The van der Waals surface area contributed by atoms with Gasteiger partial charge in [0.25, 0.3) is 5.91 Å². The highest BCUT2D eigenvalue weighted by molar-refractivity contribution is 5.96. The van der Waals surface area contributed by atoms with Crippen molar-refractivity contribution in [1.82, 2.24) is 10.2 Å². The second-order valence-corrected chi connectivity index (χ2v) is 4.99. The third-order valence-electron chi connectivity index (χ3n) is 2.98. The Kier molecular flexibility index (Phi) is 6.03. The van der Waals surface area contributed by atoms with Crippen LogP contribution in [0.15, 0.2) is 24.3 Å². The largest absolute Gasteiger partial charge is 0.399 e. The van der Waals surface area contributed by atoms with Gasteiger partial charge in [-0.1, -0.05) is 6.92 Å². The van der Waals surface area contributed by atoms with Gasteiger partial charge in [0.05, 0.1) is 6.54 Å². The summed E-state index contributed by atoms with van der Waals surface area (Å²) < 4.78 is 0. The maximum absolute atomic E-state index is 12.1. The SMILES string of the molecule is CCCN(C(=O)CNC(=O)c1ccc(N)cc1)C(C)C. The topological polar surface area (TPSA) is 75.4 Å². The maximum Gasteiger partial charge on any atom is 0.251 e. The van der Waals surface area contributed by atoms with Gasteiger partial charge in [-0.15, -0.1) is 0 Å². The summed E-state index contributed by atoms with van der Waals surface area (Å²) in [4.78, 5) is 25.7. The molecule has 0 radical (unpaired) electrons. The average molecular weight is 277 g/mol. The first kappa shape index (κ1) is 16.0. The quantitative estimate of drug-likeness (QED) is 0.776. The zero-order chi connectivity index (χ0) is 15.1. The summed E-state index contributed by atoms with van der Waals surface area (Å²) in [7, 11) is 0. The minimum absolute atomic E-state index is 0.0153. The van der Waals surface area contributed by atoms with Crippen LogP contribution >= 0.6 is 0 Å². The number of benzene rings is 1. The molecule has 0 aliphatic carbocycles. The van der Waals surface area contributed by atoms with Crippen molar-refractivity contribution in [2.45, 2.75) is 33.2 Å².